The summed E-state index contributed by atoms with van der Waals surface area (Å²) in [5.74, 6) is 0. The van der Waals surface area contributed by atoms with E-state index in [0.29, 0.717) is 6.04 Å². The van der Waals surface area contributed by atoms with Crippen molar-refractivity contribution in [1.82, 2.24) is 4.90 Å². The molecular weight excluding hydrogens is 142 g/mol. The molecule has 0 aromatic heterocycles. The van der Waals surface area contributed by atoms with Crippen molar-refractivity contribution in [2.45, 2.75) is 31.6 Å². The standard InChI is InChI=1S/C8H17NO2/c1-6-8(10)4-7(5-11-6)9(2)3/h6-8,10H,4-5H2,1-3H3/t6-,7?,8?/m0/s1. The number of rotatable bonds is 1. The van der Waals surface area contributed by atoms with Gasteiger partial charge in [0.15, 0.2) is 0 Å². The second-order valence-corrected chi connectivity index (χ2v) is 3.46. The van der Waals surface area contributed by atoms with E-state index in [4.69, 9.17) is 4.74 Å². The van der Waals surface area contributed by atoms with Crippen LogP contribution in [0.5, 0.6) is 0 Å². The van der Waals surface area contributed by atoms with E-state index in [1.165, 1.54) is 0 Å². The number of hydrogen-bond donors (Lipinski definition) is 1. The summed E-state index contributed by atoms with van der Waals surface area (Å²) in [6.45, 7) is 2.65. The molecule has 0 aliphatic carbocycles. The van der Waals surface area contributed by atoms with Crippen LogP contribution in [0.3, 0.4) is 0 Å². The number of aliphatic hydroxyl groups excluding tert-OH is 1. The van der Waals surface area contributed by atoms with Crippen LogP contribution in [0.4, 0.5) is 0 Å². The molecular formula is C8H17NO2. The van der Waals surface area contributed by atoms with Gasteiger partial charge in [0.1, 0.15) is 0 Å². The van der Waals surface area contributed by atoms with Crippen LogP contribution in [0.1, 0.15) is 13.3 Å². The van der Waals surface area contributed by atoms with Crippen molar-refractivity contribution < 1.29 is 9.84 Å². The van der Waals surface area contributed by atoms with Gasteiger partial charge in [0.2, 0.25) is 0 Å². The van der Waals surface area contributed by atoms with Gasteiger partial charge in [-0.15, -0.1) is 0 Å². The molecule has 0 aromatic carbocycles. The summed E-state index contributed by atoms with van der Waals surface area (Å²) in [5, 5.41) is 9.45. The van der Waals surface area contributed by atoms with Gasteiger partial charge in [-0.05, 0) is 27.4 Å². The SMILES string of the molecule is C[C@@H]1OCC(N(C)C)CC1O. The lowest BCUT2D eigenvalue weighted by molar-refractivity contribution is -0.0935. The number of nitrogens with zero attached hydrogens (tertiary/aromatic N) is 1. The predicted molar refractivity (Wildman–Crippen MR) is 43.5 cm³/mol. The Morgan fingerprint density at radius 3 is 2.55 bits per heavy atom. The first-order valence-corrected chi connectivity index (χ1v) is 4.07. The maximum absolute atomic E-state index is 9.45. The molecule has 2 unspecified atom stereocenters. The number of ether oxygens (including phenoxy) is 1. The second-order valence-electron chi connectivity index (χ2n) is 3.46. The minimum Gasteiger partial charge on any atom is -0.390 e. The molecule has 1 fully saturated rings. The fourth-order valence-corrected chi connectivity index (χ4v) is 1.27. The van der Waals surface area contributed by atoms with E-state index in [-0.39, 0.29) is 12.2 Å². The molecule has 11 heavy (non-hydrogen) atoms. The average Bonchev–Trinajstić information content (AvgIpc) is 1.94. The highest BCUT2D eigenvalue weighted by Crippen LogP contribution is 2.16. The van der Waals surface area contributed by atoms with Crippen LogP contribution >= 0.6 is 0 Å². The molecule has 66 valence electrons. The van der Waals surface area contributed by atoms with Gasteiger partial charge in [-0.1, -0.05) is 0 Å². The Labute approximate surface area is 68.0 Å². The molecule has 0 radical (unpaired) electrons. The molecule has 0 bridgehead atoms. The largest absolute Gasteiger partial charge is 0.390 e. The second kappa shape index (κ2) is 3.52. The maximum atomic E-state index is 9.45. The zero-order chi connectivity index (χ0) is 8.43. The van der Waals surface area contributed by atoms with Gasteiger partial charge in [-0.2, -0.15) is 0 Å². The Bertz CT molecular complexity index is 127. The molecule has 1 N–H and O–H groups in total. The van der Waals surface area contributed by atoms with Crippen LogP contribution in [0.2, 0.25) is 0 Å². The minimum atomic E-state index is -0.295. The van der Waals surface area contributed by atoms with Crippen LogP contribution in [0.25, 0.3) is 0 Å². The van der Waals surface area contributed by atoms with E-state index in [1.807, 2.05) is 21.0 Å². The Balaban J connectivity index is 2.40. The summed E-state index contributed by atoms with van der Waals surface area (Å²) >= 11 is 0. The molecule has 3 nitrogen and oxygen atoms in total. The van der Waals surface area contributed by atoms with E-state index >= 15 is 0 Å². The predicted octanol–water partition coefficient (Wildman–Crippen LogP) is 0.0863. The van der Waals surface area contributed by atoms with Crippen LogP contribution in [0, 0.1) is 0 Å². The molecule has 3 heteroatoms. The third-order valence-corrected chi connectivity index (χ3v) is 2.34. The Morgan fingerprint density at radius 1 is 1.45 bits per heavy atom. The van der Waals surface area contributed by atoms with Crippen molar-refractivity contribution >= 4 is 0 Å². The van der Waals surface area contributed by atoms with Gasteiger partial charge in [-0.3, -0.25) is 0 Å². The molecule has 0 amide bonds. The lowest BCUT2D eigenvalue weighted by atomic mass is 10.0. The molecule has 1 heterocycles. The van der Waals surface area contributed by atoms with Crippen molar-refractivity contribution in [2.24, 2.45) is 0 Å². The van der Waals surface area contributed by atoms with Gasteiger partial charge >= 0.3 is 0 Å². The van der Waals surface area contributed by atoms with E-state index < -0.39 is 0 Å². The Kier molecular flexibility index (Phi) is 2.87. The van der Waals surface area contributed by atoms with Gasteiger partial charge in [-0.25, -0.2) is 0 Å². The highest BCUT2D eigenvalue weighted by atomic mass is 16.5. The summed E-state index contributed by atoms with van der Waals surface area (Å²) in [6, 6.07) is 0.376. The van der Waals surface area contributed by atoms with Gasteiger partial charge in [0.25, 0.3) is 0 Å². The molecule has 0 aromatic rings. The van der Waals surface area contributed by atoms with E-state index in [9.17, 15) is 5.11 Å². The molecule has 1 aliphatic rings. The molecule has 1 aliphatic heterocycles. The molecule has 1 rings (SSSR count). The number of likely N-dealkylation sites (N-methyl/N-ethyl adjacent to an activating group) is 1. The fraction of sp³-hybridized carbons (Fsp3) is 1.00. The number of aliphatic hydroxyl groups is 1. The summed E-state index contributed by atoms with van der Waals surface area (Å²) in [5.41, 5.74) is 0. The van der Waals surface area contributed by atoms with Crippen molar-refractivity contribution in [2.75, 3.05) is 20.7 Å². The van der Waals surface area contributed by atoms with Gasteiger partial charge in [0, 0.05) is 6.04 Å². The van der Waals surface area contributed by atoms with Crippen molar-refractivity contribution in [3.05, 3.63) is 0 Å². The number of hydrogen-bond acceptors (Lipinski definition) is 3. The fourth-order valence-electron chi connectivity index (χ4n) is 1.27. The van der Waals surface area contributed by atoms with E-state index in [0.717, 1.165) is 13.0 Å². The monoisotopic (exact) mass is 159 g/mol. The smallest absolute Gasteiger partial charge is 0.0814 e. The Morgan fingerprint density at radius 2 is 2.09 bits per heavy atom. The van der Waals surface area contributed by atoms with Crippen LogP contribution in [-0.4, -0.2) is 49.0 Å². The third kappa shape index (κ3) is 2.15. The van der Waals surface area contributed by atoms with Crippen molar-refractivity contribution in [1.29, 1.82) is 0 Å². The van der Waals surface area contributed by atoms with Gasteiger partial charge in [0.05, 0.1) is 18.8 Å². The summed E-state index contributed by atoms with van der Waals surface area (Å²) < 4.78 is 5.37. The van der Waals surface area contributed by atoms with E-state index in [2.05, 4.69) is 4.90 Å². The average molecular weight is 159 g/mol. The minimum absolute atomic E-state index is 0.00574. The normalized spacial score (nSPS) is 39.5. The molecule has 0 saturated carbocycles. The Hall–Kier alpha value is -0.120. The first kappa shape index (κ1) is 8.97. The molecule has 0 spiro atoms. The summed E-state index contributed by atoms with van der Waals surface area (Å²) in [7, 11) is 4.02. The van der Waals surface area contributed by atoms with Crippen LogP contribution < -0.4 is 0 Å². The first-order valence-electron chi connectivity index (χ1n) is 4.07. The van der Waals surface area contributed by atoms with Crippen LogP contribution in [-0.2, 0) is 4.74 Å². The zero-order valence-electron chi connectivity index (χ0n) is 7.45. The summed E-state index contributed by atoms with van der Waals surface area (Å²) in [4.78, 5) is 2.09. The first-order chi connectivity index (χ1) is 5.11. The van der Waals surface area contributed by atoms with Crippen molar-refractivity contribution in [3.63, 3.8) is 0 Å². The molecule has 3 atom stereocenters. The van der Waals surface area contributed by atoms with Gasteiger partial charge < -0.3 is 14.7 Å². The van der Waals surface area contributed by atoms with Crippen LogP contribution in [0.15, 0.2) is 0 Å². The highest BCUT2D eigenvalue weighted by molar-refractivity contribution is 4.79. The lowest BCUT2D eigenvalue weighted by Gasteiger charge is -2.34. The topological polar surface area (TPSA) is 32.7 Å². The highest BCUT2D eigenvalue weighted by Gasteiger charge is 2.27. The third-order valence-electron chi connectivity index (χ3n) is 2.34. The summed E-state index contributed by atoms with van der Waals surface area (Å²) in [6.07, 6.45) is 0.538. The lowest BCUT2D eigenvalue weighted by Crippen LogP contribution is -2.45. The van der Waals surface area contributed by atoms with Crippen molar-refractivity contribution in [3.8, 4) is 0 Å². The molecule has 1 saturated heterocycles. The zero-order valence-corrected chi connectivity index (χ0v) is 7.45. The maximum Gasteiger partial charge on any atom is 0.0814 e. The van der Waals surface area contributed by atoms with E-state index in [1.54, 1.807) is 0 Å². The quantitative estimate of drug-likeness (QED) is 0.588.